The quantitative estimate of drug-likeness (QED) is 0.805. The monoisotopic (exact) mass is 310 g/mol. The van der Waals surface area contributed by atoms with E-state index in [4.69, 9.17) is 4.18 Å². The minimum atomic E-state index is -3.71. The number of carbonyl (C=O) groups is 2. The number of nitrogens with one attached hydrogen (secondary N) is 1. The molecule has 2 amide bonds. The molecule has 1 aromatic carbocycles. The van der Waals surface area contributed by atoms with E-state index < -0.39 is 28.3 Å². The molecule has 1 fully saturated rings. The van der Waals surface area contributed by atoms with Gasteiger partial charge in [0.05, 0.1) is 17.5 Å². The molecular formula is C13H14N2O5S. The van der Waals surface area contributed by atoms with Crippen molar-refractivity contribution in [2.24, 2.45) is 0 Å². The maximum atomic E-state index is 12.6. The van der Waals surface area contributed by atoms with Gasteiger partial charge in [-0.05, 0) is 25.0 Å². The molecule has 1 N–H and O–H groups in total. The van der Waals surface area contributed by atoms with E-state index in [1.165, 1.54) is 4.90 Å². The minimum absolute atomic E-state index is 0.305. The molecular weight excluding hydrogens is 296 g/mol. The number of amides is 2. The Kier molecular flexibility index (Phi) is 3.22. The predicted octanol–water partition coefficient (Wildman–Crippen LogP) is 0.546. The van der Waals surface area contributed by atoms with Crippen molar-refractivity contribution in [3.63, 3.8) is 0 Å². The Labute approximate surface area is 122 Å². The Hall–Kier alpha value is -1.93. The summed E-state index contributed by atoms with van der Waals surface area (Å²) < 4.78 is 27.6. The number of nitrogens with zero attached hydrogens (tertiary/aromatic N) is 1. The summed E-state index contributed by atoms with van der Waals surface area (Å²) in [4.78, 5) is 26.0. The van der Waals surface area contributed by atoms with Crippen molar-refractivity contribution in [3.05, 3.63) is 29.8 Å². The molecule has 112 valence electrons. The van der Waals surface area contributed by atoms with Crippen LogP contribution in [0.25, 0.3) is 0 Å². The van der Waals surface area contributed by atoms with Crippen molar-refractivity contribution in [2.45, 2.75) is 25.1 Å². The van der Waals surface area contributed by atoms with Gasteiger partial charge in [-0.15, -0.1) is 0 Å². The molecule has 3 rings (SSSR count). The molecule has 0 spiro atoms. The Bertz CT molecular complexity index is 715. The van der Waals surface area contributed by atoms with Crippen LogP contribution in [0.1, 0.15) is 23.2 Å². The SMILES string of the molecule is CS(=O)(=O)OC1CCC2C(=O)Nc3ccccc3C(=O)N12. The fourth-order valence-electron chi connectivity index (χ4n) is 2.74. The Morgan fingerprint density at radius 1 is 1.24 bits per heavy atom. The van der Waals surface area contributed by atoms with Crippen LogP contribution in [0.4, 0.5) is 5.69 Å². The second kappa shape index (κ2) is 4.81. The van der Waals surface area contributed by atoms with Crippen LogP contribution in [0, 0.1) is 0 Å². The lowest BCUT2D eigenvalue weighted by atomic mass is 10.1. The molecule has 0 radical (unpaired) electrons. The molecule has 0 bridgehead atoms. The van der Waals surface area contributed by atoms with E-state index >= 15 is 0 Å². The van der Waals surface area contributed by atoms with Gasteiger partial charge in [0.25, 0.3) is 16.0 Å². The maximum Gasteiger partial charge on any atom is 0.266 e. The number of carbonyl (C=O) groups excluding carboxylic acids is 2. The lowest BCUT2D eigenvalue weighted by molar-refractivity contribution is -0.120. The Balaban J connectivity index is 2.02. The van der Waals surface area contributed by atoms with E-state index in [1.807, 2.05) is 0 Å². The fourth-order valence-corrected chi connectivity index (χ4v) is 3.33. The van der Waals surface area contributed by atoms with Gasteiger partial charge in [-0.25, -0.2) is 4.18 Å². The van der Waals surface area contributed by atoms with Gasteiger partial charge in [0.1, 0.15) is 6.04 Å². The summed E-state index contributed by atoms with van der Waals surface area (Å²) in [5.41, 5.74) is 0.761. The topological polar surface area (TPSA) is 92.8 Å². The summed E-state index contributed by atoms with van der Waals surface area (Å²) in [5.74, 6) is -0.729. The number of rotatable bonds is 2. The Morgan fingerprint density at radius 3 is 2.67 bits per heavy atom. The van der Waals surface area contributed by atoms with Crippen LogP contribution in [-0.4, -0.2) is 43.7 Å². The van der Waals surface area contributed by atoms with Crippen LogP contribution < -0.4 is 5.32 Å². The summed E-state index contributed by atoms with van der Waals surface area (Å²) in [6.07, 6.45) is 0.663. The molecule has 21 heavy (non-hydrogen) atoms. The van der Waals surface area contributed by atoms with Gasteiger partial charge in [-0.3, -0.25) is 14.5 Å². The number of para-hydroxylation sites is 1. The second-order valence-electron chi connectivity index (χ2n) is 5.10. The molecule has 1 aromatic rings. The highest BCUT2D eigenvalue weighted by molar-refractivity contribution is 7.86. The van der Waals surface area contributed by atoms with Crippen molar-refractivity contribution >= 4 is 27.6 Å². The molecule has 2 unspecified atom stereocenters. The van der Waals surface area contributed by atoms with Gasteiger partial charge in [0, 0.05) is 0 Å². The molecule has 2 aliphatic rings. The molecule has 1 saturated heterocycles. The number of anilines is 1. The van der Waals surface area contributed by atoms with Gasteiger partial charge in [-0.1, -0.05) is 12.1 Å². The molecule has 2 heterocycles. The van der Waals surface area contributed by atoms with E-state index in [0.29, 0.717) is 24.1 Å². The number of hydrogen-bond donors (Lipinski definition) is 1. The smallest absolute Gasteiger partial charge is 0.266 e. The largest absolute Gasteiger partial charge is 0.324 e. The van der Waals surface area contributed by atoms with Crippen LogP contribution in [0.15, 0.2) is 24.3 Å². The van der Waals surface area contributed by atoms with E-state index in [2.05, 4.69) is 5.32 Å². The zero-order chi connectivity index (χ0) is 15.2. The van der Waals surface area contributed by atoms with E-state index in [9.17, 15) is 18.0 Å². The van der Waals surface area contributed by atoms with Gasteiger partial charge in [0.2, 0.25) is 5.91 Å². The van der Waals surface area contributed by atoms with Crippen molar-refractivity contribution in [3.8, 4) is 0 Å². The highest BCUT2D eigenvalue weighted by atomic mass is 32.2. The highest BCUT2D eigenvalue weighted by Gasteiger charge is 2.45. The Morgan fingerprint density at radius 2 is 1.95 bits per heavy atom. The molecule has 2 aliphatic heterocycles. The molecule has 0 saturated carbocycles. The summed E-state index contributed by atoms with van der Waals surface area (Å²) in [6.45, 7) is 0. The third-order valence-corrected chi connectivity index (χ3v) is 4.14. The summed E-state index contributed by atoms with van der Waals surface area (Å²) in [6, 6.07) is 5.92. The highest BCUT2D eigenvalue weighted by Crippen LogP contribution is 2.33. The molecule has 2 atom stereocenters. The van der Waals surface area contributed by atoms with Crippen LogP contribution >= 0.6 is 0 Å². The van der Waals surface area contributed by atoms with Crippen LogP contribution in [0.5, 0.6) is 0 Å². The minimum Gasteiger partial charge on any atom is -0.324 e. The molecule has 7 nitrogen and oxygen atoms in total. The van der Waals surface area contributed by atoms with E-state index in [-0.39, 0.29) is 5.91 Å². The van der Waals surface area contributed by atoms with Gasteiger partial charge in [0.15, 0.2) is 6.23 Å². The van der Waals surface area contributed by atoms with Gasteiger partial charge in [-0.2, -0.15) is 8.42 Å². The number of hydrogen-bond acceptors (Lipinski definition) is 5. The summed E-state index contributed by atoms with van der Waals surface area (Å²) >= 11 is 0. The lowest BCUT2D eigenvalue weighted by Crippen LogP contribution is -2.46. The number of benzene rings is 1. The summed E-state index contributed by atoms with van der Waals surface area (Å²) in [5, 5.41) is 2.70. The zero-order valence-corrected chi connectivity index (χ0v) is 12.1. The average molecular weight is 310 g/mol. The third-order valence-electron chi connectivity index (χ3n) is 3.57. The molecule has 0 aromatic heterocycles. The normalized spacial score (nSPS) is 25.1. The van der Waals surface area contributed by atoms with Crippen LogP contribution in [0.2, 0.25) is 0 Å². The van der Waals surface area contributed by atoms with Crippen LogP contribution in [-0.2, 0) is 19.1 Å². The van der Waals surface area contributed by atoms with Crippen molar-refractivity contribution in [2.75, 3.05) is 11.6 Å². The van der Waals surface area contributed by atoms with E-state index in [0.717, 1.165) is 6.26 Å². The van der Waals surface area contributed by atoms with Gasteiger partial charge >= 0.3 is 0 Å². The first-order chi connectivity index (χ1) is 9.87. The van der Waals surface area contributed by atoms with Crippen molar-refractivity contribution in [1.29, 1.82) is 0 Å². The van der Waals surface area contributed by atoms with E-state index in [1.54, 1.807) is 24.3 Å². The third kappa shape index (κ3) is 2.52. The second-order valence-corrected chi connectivity index (χ2v) is 6.70. The molecule has 0 aliphatic carbocycles. The standard InChI is InChI=1S/C13H14N2O5S/c1-21(18,19)20-11-7-6-10-12(16)14-9-5-3-2-4-8(9)13(17)15(10)11/h2-5,10-11H,6-7H2,1H3,(H,14,16). The summed E-state index contributed by atoms with van der Waals surface area (Å²) in [7, 11) is -3.71. The van der Waals surface area contributed by atoms with Crippen LogP contribution in [0.3, 0.4) is 0 Å². The molecule has 8 heteroatoms. The number of fused-ring (bicyclic) bond motifs is 2. The van der Waals surface area contributed by atoms with Crippen molar-refractivity contribution < 1.29 is 22.2 Å². The maximum absolute atomic E-state index is 12.6. The fraction of sp³-hybridized carbons (Fsp3) is 0.385. The predicted molar refractivity (Wildman–Crippen MR) is 74.0 cm³/mol. The lowest BCUT2D eigenvalue weighted by Gasteiger charge is -2.26. The van der Waals surface area contributed by atoms with Crippen molar-refractivity contribution in [1.82, 2.24) is 4.90 Å². The average Bonchev–Trinajstić information content (AvgIpc) is 2.75. The zero-order valence-electron chi connectivity index (χ0n) is 11.3. The van der Waals surface area contributed by atoms with Gasteiger partial charge < -0.3 is 5.32 Å². The first kappa shape index (κ1) is 14.0. The first-order valence-corrected chi connectivity index (χ1v) is 8.29. The first-order valence-electron chi connectivity index (χ1n) is 6.47.